The van der Waals surface area contributed by atoms with Crippen molar-refractivity contribution in [2.24, 2.45) is 5.41 Å². The normalized spacial score (nSPS) is 22.2. The summed E-state index contributed by atoms with van der Waals surface area (Å²) < 4.78 is 1.99. The first-order valence-electron chi connectivity index (χ1n) is 7.41. The van der Waals surface area contributed by atoms with Crippen molar-refractivity contribution in [3.63, 3.8) is 0 Å². The van der Waals surface area contributed by atoms with Crippen LogP contribution in [0.4, 0.5) is 0 Å². The molecule has 108 valence electrons. The molecule has 0 bridgehead atoms. The minimum atomic E-state index is 0.390. The number of hydrogen-bond donors (Lipinski definition) is 1. The van der Waals surface area contributed by atoms with Crippen LogP contribution >= 0.6 is 11.6 Å². The third kappa shape index (κ3) is 2.84. The molecule has 0 spiro atoms. The second-order valence-electron chi connectivity index (χ2n) is 6.51. The molecule has 20 heavy (non-hydrogen) atoms. The van der Waals surface area contributed by atoms with Crippen molar-refractivity contribution >= 4 is 17.2 Å². The van der Waals surface area contributed by atoms with Gasteiger partial charge in [0.25, 0.3) is 0 Å². The molecule has 0 saturated heterocycles. The fraction of sp³-hybridized carbons (Fsp3) is 0.562. The largest absolute Gasteiger partial charge is 0.308 e. The third-order valence-electron chi connectivity index (χ3n) is 4.50. The molecule has 1 unspecified atom stereocenters. The smallest absolute Gasteiger partial charge is 0.137 e. The van der Waals surface area contributed by atoms with Gasteiger partial charge >= 0.3 is 0 Å². The molecule has 0 amide bonds. The van der Waals surface area contributed by atoms with E-state index in [-0.39, 0.29) is 0 Å². The van der Waals surface area contributed by atoms with Crippen LogP contribution in [-0.2, 0) is 6.54 Å². The highest BCUT2D eigenvalue weighted by Crippen LogP contribution is 2.35. The molecule has 1 aliphatic carbocycles. The maximum atomic E-state index is 6.00. The Labute approximate surface area is 125 Å². The summed E-state index contributed by atoms with van der Waals surface area (Å²) in [7, 11) is 0. The Kier molecular flexibility index (Phi) is 3.74. The van der Waals surface area contributed by atoms with Gasteiger partial charge in [-0.05, 0) is 30.4 Å². The van der Waals surface area contributed by atoms with E-state index < -0.39 is 0 Å². The lowest BCUT2D eigenvalue weighted by Gasteiger charge is -2.39. The minimum Gasteiger partial charge on any atom is -0.308 e. The quantitative estimate of drug-likeness (QED) is 0.924. The summed E-state index contributed by atoms with van der Waals surface area (Å²) in [6, 6.07) is 4.42. The molecule has 1 fully saturated rings. The average molecular weight is 292 g/mol. The molecule has 1 saturated carbocycles. The number of rotatable bonds is 3. The minimum absolute atomic E-state index is 0.390. The number of pyridine rings is 1. The molecule has 3 rings (SSSR count). The topological polar surface area (TPSA) is 29.3 Å². The van der Waals surface area contributed by atoms with Crippen LogP contribution < -0.4 is 5.32 Å². The van der Waals surface area contributed by atoms with Gasteiger partial charge in [0.2, 0.25) is 0 Å². The molecule has 3 nitrogen and oxygen atoms in total. The van der Waals surface area contributed by atoms with Crippen molar-refractivity contribution in [2.75, 3.05) is 0 Å². The molecule has 0 aromatic carbocycles. The Balaban J connectivity index is 1.70. The van der Waals surface area contributed by atoms with Crippen LogP contribution in [0, 0.1) is 5.41 Å². The Morgan fingerprint density at radius 2 is 2.20 bits per heavy atom. The van der Waals surface area contributed by atoms with Gasteiger partial charge in [0, 0.05) is 25.0 Å². The summed E-state index contributed by atoms with van der Waals surface area (Å²) in [4.78, 5) is 4.63. The first-order chi connectivity index (χ1) is 9.54. The van der Waals surface area contributed by atoms with Crippen molar-refractivity contribution in [1.29, 1.82) is 0 Å². The summed E-state index contributed by atoms with van der Waals surface area (Å²) in [5.74, 6) is 0. The highest BCUT2D eigenvalue weighted by atomic mass is 35.5. The molecular weight excluding hydrogens is 270 g/mol. The lowest BCUT2D eigenvalue weighted by atomic mass is 9.73. The van der Waals surface area contributed by atoms with Gasteiger partial charge in [-0.2, -0.15) is 0 Å². The van der Waals surface area contributed by atoms with E-state index in [0.717, 1.165) is 22.9 Å². The predicted molar refractivity (Wildman–Crippen MR) is 83.1 cm³/mol. The van der Waals surface area contributed by atoms with Gasteiger partial charge in [-0.1, -0.05) is 38.3 Å². The number of aromatic nitrogens is 2. The Morgan fingerprint density at radius 3 is 3.00 bits per heavy atom. The van der Waals surface area contributed by atoms with Crippen LogP contribution in [-0.4, -0.2) is 15.4 Å². The van der Waals surface area contributed by atoms with E-state index in [1.165, 1.54) is 25.7 Å². The lowest BCUT2D eigenvalue weighted by molar-refractivity contribution is 0.166. The number of nitrogens with one attached hydrogen (secondary N) is 1. The van der Waals surface area contributed by atoms with Crippen LogP contribution in [0.3, 0.4) is 0 Å². The third-order valence-corrected chi connectivity index (χ3v) is 4.73. The highest BCUT2D eigenvalue weighted by Gasteiger charge is 2.31. The van der Waals surface area contributed by atoms with Gasteiger partial charge in [-0.3, -0.25) is 0 Å². The summed E-state index contributed by atoms with van der Waals surface area (Å²) in [5, 5.41) is 4.43. The first kappa shape index (κ1) is 13.9. The Hall–Kier alpha value is -1.06. The van der Waals surface area contributed by atoms with Gasteiger partial charge < -0.3 is 9.72 Å². The van der Waals surface area contributed by atoms with Gasteiger partial charge in [0.1, 0.15) is 5.65 Å². The highest BCUT2D eigenvalue weighted by molar-refractivity contribution is 6.30. The zero-order valence-electron chi connectivity index (χ0n) is 12.2. The molecule has 2 heterocycles. The summed E-state index contributed by atoms with van der Waals surface area (Å²) in [6.07, 6.45) is 9.24. The second-order valence-corrected chi connectivity index (χ2v) is 6.95. The van der Waals surface area contributed by atoms with Crippen LogP contribution in [0.2, 0.25) is 5.02 Å². The van der Waals surface area contributed by atoms with E-state index in [2.05, 4.69) is 30.3 Å². The predicted octanol–water partition coefficient (Wildman–Crippen LogP) is 4.05. The molecule has 2 aromatic rings. The van der Waals surface area contributed by atoms with E-state index in [1.54, 1.807) is 0 Å². The number of halogens is 1. The summed E-state index contributed by atoms with van der Waals surface area (Å²) in [5.41, 5.74) is 2.42. The standard InChI is InChI=1S/C16H22ClN3/c1-16(2)8-4-3-5-14(16)18-9-13-11-20-10-12(17)6-7-15(20)19-13/h6-7,10-11,14,18H,3-5,8-9H2,1-2H3. The van der Waals surface area contributed by atoms with Crippen LogP contribution in [0.1, 0.15) is 45.2 Å². The fourth-order valence-corrected chi connectivity index (χ4v) is 3.37. The van der Waals surface area contributed by atoms with Crippen molar-refractivity contribution in [2.45, 2.75) is 52.1 Å². The summed E-state index contributed by atoms with van der Waals surface area (Å²) in [6.45, 7) is 5.56. The van der Waals surface area contributed by atoms with Crippen LogP contribution in [0.5, 0.6) is 0 Å². The molecule has 1 N–H and O–H groups in total. The van der Waals surface area contributed by atoms with E-state index in [0.29, 0.717) is 11.5 Å². The van der Waals surface area contributed by atoms with E-state index >= 15 is 0 Å². The monoisotopic (exact) mass is 291 g/mol. The maximum Gasteiger partial charge on any atom is 0.137 e. The Bertz CT molecular complexity index is 603. The van der Waals surface area contributed by atoms with Crippen LogP contribution in [0.15, 0.2) is 24.5 Å². The Morgan fingerprint density at radius 1 is 1.35 bits per heavy atom. The van der Waals surface area contributed by atoms with Gasteiger partial charge in [0.05, 0.1) is 10.7 Å². The zero-order valence-corrected chi connectivity index (χ0v) is 13.0. The van der Waals surface area contributed by atoms with Gasteiger partial charge in [0.15, 0.2) is 0 Å². The molecule has 2 aromatic heterocycles. The maximum absolute atomic E-state index is 6.00. The number of nitrogens with zero attached hydrogens (tertiary/aromatic N) is 2. The van der Waals surface area contributed by atoms with Gasteiger partial charge in [-0.15, -0.1) is 0 Å². The van der Waals surface area contributed by atoms with E-state index in [9.17, 15) is 0 Å². The first-order valence-corrected chi connectivity index (χ1v) is 7.79. The molecule has 1 aliphatic rings. The van der Waals surface area contributed by atoms with E-state index in [1.807, 2.05) is 22.7 Å². The molecule has 0 aliphatic heterocycles. The molecule has 1 atom stereocenters. The van der Waals surface area contributed by atoms with E-state index in [4.69, 9.17) is 11.6 Å². The lowest BCUT2D eigenvalue weighted by Crippen LogP contribution is -2.43. The SMILES string of the molecule is CC1(C)CCCCC1NCc1cn2cc(Cl)ccc2n1. The molecule has 4 heteroatoms. The number of imidazole rings is 1. The molecule has 0 radical (unpaired) electrons. The van der Waals surface area contributed by atoms with Crippen molar-refractivity contribution in [1.82, 2.24) is 14.7 Å². The summed E-state index contributed by atoms with van der Waals surface area (Å²) >= 11 is 6.00. The fourth-order valence-electron chi connectivity index (χ4n) is 3.20. The number of fused-ring (bicyclic) bond motifs is 1. The average Bonchev–Trinajstić information content (AvgIpc) is 2.79. The number of hydrogen-bond acceptors (Lipinski definition) is 2. The van der Waals surface area contributed by atoms with Crippen molar-refractivity contribution in [3.05, 3.63) is 35.2 Å². The van der Waals surface area contributed by atoms with Crippen molar-refractivity contribution in [3.8, 4) is 0 Å². The van der Waals surface area contributed by atoms with Crippen molar-refractivity contribution < 1.29 is 0 Å². The van der Waals surface area contributed by atoms with Crippen LogP contribution in [0.25, 0.3) is 5.65 Å². The van der Waals surface area contributed by atoms with Gasteiger partial charge in [-0.25, -0.2) is 4.98 Å². The second kappa shape index (κ2) is 5.38. The molecular formula is C16H22ClN3. The zero-order chi connectivity index (χ0) is 14.2.